The molecule has 6 heteroatoms. The second kappa shape index (κ2) is 68.3. The van der Waals surface area contributed by atoms with E-state index in [1.807, 2.05) is 0 Å². The molecule has 0 saturated carbocycles. The van der Waals surface area contributed by atoms with Gasteiger partial charge in [0, 0.05) is 19.3 Å². The topological polar surface area (TPSA) is 78.9 Å². The Morgan fingerprint density at radius 3 is 0.780 bits per heavy atom. The van der Waals surface area contributed by atoms with Gasteiger partial charge in [0.05, 0.1) is 0 Å². The van der Waals surface area contributed by atoms with Crippen molar-refractivity contribution in [3.63, 3.8) is 0 Å². The van der Waals surface area contributed by atoms with Crippen molar-refractivity contribution in [2.45, 2.75) is 277 Å². The minimum Gasteiger partial charge on any atom is -0.462 e. The average molecular weight is 1130 g/mol. The number of esters is 3. The molecular weight excluding hydrogens is 1010 g/mol. The Kier molecular flexibility index (Phi) is 63.9. The van der Waals surface area contributed by atoms with Gasteiger partial charge in [0.1, 0.15) is 13.2 Å². The summed E-state index contributed by atoms with van der Waals surface area (Å²) in [4.78, 5) is 38.4. The van der Waals surface area contributed by atoms with E-state index in [9.17, 15) is 14.4 Å². The Bertz CT molecular complexity index is 1870. The molecule has 0 bridgehead atoms. The maximum atomic E-state index is 12.9. The molecule has 0 aromatic heterocycles. The van der Waals surface area contributed by atoms with Crippen LogP contribution in [-0.4, -0.2) is 37.2 Å². The van der Waals surface area contributed by atoms with Crippen LogP contribution in [0.4, 0.5) is 0 Å². The summed E-state index contributed by atoms with van der Waals surface area (Å²) in [6, 6.07) is 0. The Labute approximate surface area is 504 Å². The largest absolute Gasteiger partial charge is 0.462 e. The van der Waals surface area contributed by atoms with Gasteiger partial charge in [0.15, 0.2) is 6.10 Å². The molecule has 1 unspecified atom stereocenters. The van der Waals surface area contributed by atoms with Crippen LogP contribution in [0.3, 0.4) is 0 Å². The minimum atomic E-state index is -0.826. The predicted molar refractivity (Wildman–Crippen MR) is 357 cm³/mol. The highest BCUT2D eigenvalue weighted by Gasteiger charge is 2.19. The Balaban J connectivity index is 4.52. The molecule has 0 fully saturated rings. The normalized spacial score (nSPS) is 13.3. The first-order chi connectivity index (χ1) is 40.5. The van der Waals surface area contributed by atoms with Crippen molar-refractivity contribution in [3.8, 4) is 0 Å². The Morgan fingerprint density at radius 1 is 0.256 bits per heavy atom. The number of carbonyl (C=O) groups excluding carboxylic acids is 3. The van der Waals surface area contributed by atoms with E-state index in [1.165, 1.54) is 70.6 Å². The predicted octanol–water partition coefficient (Wildman–Crippen LogP) is 23.0. The van der Waals surface area contributed by atoms with Gasteiger partial charge < -0.3 is 14.2 Å². The molecule has 0 heterocycles. The molecule has 0 aromatic rings. The van der Waals surface area contributed by atoms with Gasteiger partial charge in [-0.05, 0) is 128 Å². The van der Waals surface area contributed by atoms with Crippen molar-refractivity contribution in [2.24, 2.45) is 0 Å². The molecule has 0 spiro atoms. The SMILES string of the molecule is CC/C=C\C/C=C\C/C=C\C/C=C\C/C=C\C/C=C\C/C=C\CCCCCCCC(=O)OCC(COC(=O)CCCCCCCCCCCCCCCC)OC(=O)CCC/C=C\C/C=C\C/C=C\C/C=C\C/C=C\C/C=C\C/C=C\CC. The molecule has 0 rings (SSSR count). The number of carbonyl (C=O) groups is 3. The highest BCUT2D eigenvalue weighted by molar-refractivity contribution is 5.71. The van der Waals surface area contributed by atoms with Crippen LogP contribution in [0, 0.1) is 0 Å². The van der Waals surface area contributed by atoms with Crippen LogP contribution in [0.2, 0.25) is 0 Å². The lowest BCUT2D eigenvalue weighted by molar-refractivity contribution is -0.167. The zero-order valence-corrected chi connectivity index (χ0v) is 52.7. The molecule has 0 radical (unpaired) electrons. The van der Waals surface area contributed by atoms with Gasteiger partial charge in [-0.25, -0.2) is 0 Å². The lowest BCUT2D eigenvalue weighted by atomic mass is 10.0. The summed E-state index contributed by atoms with van der Waals surface area (Å²) in [5.74, 6) is -0.995. The maximum Gasteiger partial charge on any atom is 0.306 e. The van der Waals surface area contributed by atoms with Crippen LogP contribution in [0.5, 0.6) is 0 Å². The van der Waals surface area contributed by atoms with Gasteiger partial charge in [-0.3, -0.25) is 14.4 Å². The summed E-state index contributed by atoms with van der Waals surface area (Å²) < 4.78 is 16.9. The first-order valence-corrected chi connectivity index (χ1v) is 33.1. The third-order valence-corrected chi connectivity index (χ3v) is 13.5. The van der Waals surface area contributed by atoms with E-state index in [0.29, 0.717) is 19.3 Å². The van der Waals surface area contributed by atoms with E-state index in [2.05, 4.69) is 191 Å². The number of ether oxygens (including phenoxy) is 3. The molecule has 0 saturated heterocycles. The molecule has 6 nitrogen and oxygen atoms in total. The zero-order valence-electron chi connectivity index (χ0n) is 52.7. The standard InChI is InChI=1S/C76H120O6/c1-4-7-10-13-16-19-22-25-28-30-32-34-36-37-38-39-41-42-44-46-48-51-54-57-60-63-66-69-75(78)81-72-73(71-80-74(77)68-65-62-59-56-53-50-27-24-21-18-15-12-9-6-3)82-76(79)70-67-64-61-58-55-52-49-47-45-43-40-35-33-31-29-26-23-20-17-14-11-8-5-2/h7-8,10-11,16-17,19-20,25-26,28-29,32-35,37-38,41-43,45-46,48-49,52,58,61,73H,4-6,9,12-15,18,21-24,27,30-31,36,39-40,44,47,50-51,53-57,59-60,62-72H2,1-3H3/b10-7-,11-8-,19-16-,20-17-,28-25-,29-26-,34-32-,35-33-,38-37-,42-41-,45-43-,48-46-,52-49-,61-58-. The van der Waals surface area contributed by atoms with Gasteiger partial charge in [-0.15, -0.1) is 0 Å². The summed E-state index contributed by atoms with van der Waals surface area (Å²) in [6.07, 6.45) is 101. The van der Waals surface area contributed by atoms with Crippen LogP contribution in [0.1, 0.15) is 271 Å². The van der Waals surface area contributed by atoms with Crippen LogP contribution >= 0.6 is 0 Å². The monoisotopic (exact) mass is 1130 g/mol. The molecule has 0 aromatic carbocycles. The molecule has 0 N–H and O–H groups in total. The smallest absolute Gasteiger partial charge is 0.306 e. The maximum absolute atomic E-state index is 12.9. The van der Waals surface area contributed by atoms with Crippen LogP contribution in [0.15, 0.2) is 170 Å². The fourth-order valence-electron chi connectivity index (χ4n) is 8.59. The summed E-state index contributed by atoms with van der Waals surface area (Å²) in [5, 5.41) is 0. The van der Waals surface area contributed by atoms with E-state index in [0.717, 1.165) is 154 Å². The van der Waals surface area contributed by atoms with Crippen molar-refractivity contribution in [3.05, 3.63) is 170 Å². The van der Waals surface area contributed by atoms with Gasteiger partial charge in [-0.1, -0.05) is 294 Å². The molecule has 0 aliphatic heterocycles. The van der Waals surface area contributed by atoms with E-state index < -0.39 is 6.10 Å². The molecule has 0 amide bonds. The highest BCUT2D eigenvalue weighted by Crippen LogP contribution is 2.15. The first-order valence-electron chi connectivity index (χ1n) is 33.1. The fraction of sp³-hybridized carbons (Fsp3) is 0.592. The fourth-order valence-corrected chi connectivity index (χ4v) is 8.59. The lowest BCUT2D eigenvalue weighted by Gasteiger charge is -2.18. The molecular formula is C76H120O6. The van der Waals surface area contributed by atoms with Gasteiger partial charge >= 0.3 is 17.9 Å². The summed E-state index contributed by atoms with van der Waals surface area (Å²) in [7, 11) is 0. The zero-order chi connectivity index (χ0) is 59.2. The molecule has 82 heavy (non-hydrogen) atoms. The number of unbranched alkanes of at least 4 members (excludes halogenated alkanes) is 19. The number of hydrogen-bond acceptors (Lipinski definition) is 6. The summed E-state index contributed by atoms with van der Waals surface area (Å²) in [5.41, 5.74) is 0. The average Bonchev–Trinajstić information content (AvgIpc) is 3.48. The lowest BCUT2D eigenvalue weighted by Crippen LogP contribution is -2.30. The van der Waals surface area contributed by atoms with Crippen LogP contribution in [0.25, 0.3) is 0 Å². The van der Waals surface area contributed by atoms with Gasteiger partial charge in [0.25, 0.3) is 0 Å². The molecule has 0 aliphatic rings. The number of allylic oxidation sites excluding steroid dienone is 28. The van der Waals surface area contributed by atoms with Crippen molar-refractivity contribution in [2.75, 3.05) is 13.2 Å². The van der Waals surface area contributed by atoms with E-state index >= 15 is 0 Å². The minimum absolute atomic E-state index is 0.113. The van der Waals surface area contributed by atoms with Crippen molar-refractivity contribution >= 4 is 17.9 Å². The first kappa shape index (κ1) is 76.8. The van der Waals surface area contributed by atoms with E-state index in [4.69, 9.17) is 14.2 Å². The van der Waals surface area contributed by atoms with Crippen molar-refractivity contribution < 1.29 is 28.6 Å². The van der Waals surface area contributed by atoms with E-state index in [-0.39, 0.29) is 37.5 Å². The van der Waals surface area contributed by atoms with Crippen molar-refractivity contribution in [1.29, 1.82) is 0 Å². The van der Waals surface area contributed by atoms with Crippen LogP contribution < -0.4 is 0 Å². The summed E-state index contributed by atoms with van der Waals surface area (Å²) in [6.45, 7) is 6.35. The highest BCUT2D eigenvalue weighted by atomic mass is 16.6. The second-order valence-electron chi connectivity index (χ2n) is 21.3. The Morgan fingerprint density at radius 2 is 0.488 bits per heavy atom. The third kappa shape index (κ3) is 65.6. The Hall–Kier alpha value is -5.23. The second-order valence-corrected chi connectivity index (χ2v) is 21.3. The molecule has 460 valence electrons. The third-order valence-electron chi connectivity index (χ3n) is 13.5. The van der Waals surface area contributed by atoms with E-state index in [1.54, 1.807) is 0 Å². The number of hydrogen-bond donors (Lipinski definition) is 0. The molecule has 1 atom stereocenters. The number of rotatable bonds is 58. The quantitative estimate of drug-likeness (QED) is 0.0261. The van der Waals surface area contributed by atoms with Gasteiger partial charge in [-0.2, -0.15) is 0 Å². The van der Waals surface area contributed by atoms with Crippen molar-refractivity contribution in [1.82, 2.24) is 0 Å². The molecule has 0 aliphatic carbocycles. The van der Waals surface area contributed by atoms with Gasteiger partial charge in [0.2, 0.25) is 0 Å². The summed E-state index contributed by atoms with van der Waals surface area (Å²) >= 11 is 0. The van der Waals surface area contributed by atoms with Crippen LogP contribution in [-0.2, 0) is 28.6 Å².